The van der Waals surface area contributed by atoms with Crippen LogP contribution in [0.25, 0.3) is 0 Å². The van der Waals surface area contributed by atoms with Crippen molar-refractivity contribution < 1.29 is 18.7 Å². The Bertz CT molecular complexity index is 769. The van der Waals surface area contributed by atoms with Crippen molar-refractivity contribution in [2.45, 2.75) is 44.4 Å². The zero-order valence-electron chi connectivity index (χ0n) is 15.2. The van der Waals surface area contributed by atoms with Crippen molar-refractivity contribution in [1.82, 2.24) is 9.97 Å². The Balaban J connectivity index is 1.47. The van der Waals surface area contributed by atoms with Gasteiger partial charge in [-0.1, -0.05) is 0 Å². The summed E-state index contributed by atoms with van der Waals surface area (Å²) in [4.78, 5) is 24.2. The number of carbonyl (C=O) groups is 1. The van der Waals surface area contributed by atoms with Crippen molar-refractivity contribution in [2.24, 2.45) is 17.8 Å². The predicted octanol–water partition coefficient (Wildman–Crippen LogP) is 2.66. The van der Waals surface area contributed by atoms with Crippen LogP contribution in [0.1, 0.15) is 43.4 Å². The standard InChI is InChI=1S/C19H24F2N4O2/c20-19(21)5-3-4-11-16(19)22-18(24-6-1-2-7-24)23-17(11)25-9-13-12(8-15(26)27)14(13)10-25/h12-14H,1-10H2,(H,26,27). The molecular formula is C19H24F2N4O2. The Hall–Kier alpha value is -1.99. The molecule has 0 bridgehead atoms. The molecule has 5 rings (SSSR count). The summed E-state index contributed by atoms with van der Waals surface area (Å²) < 4.78 is 29.3. The number of piperidine rings is 1. The molecule has 3 fully saturated rings. The quantitative estimate of drug-likeness (QED) is 0.869. The maximum absolute atomic E-state index is 14.6. The molecule has 2 aliphatic heterocycles. The Labute approximate surface area is 156 Å². The van der Waals surface area contributed by atoms with Crippen LogP contribution in [0.2, 0.25) is 0 Å². The minimum atomic E-state index is -2.89. The van der Waals surface area contributed by atoms with Crippen LogP contribution >= 0.6 is 0 Å². The maximum atomic E-state index is 14.6. The fourth-order valence-electron chi connectivity index (χ4n) is 5.25. The van der Waals surface area contributed by atoms with Crippen LogP contribution in [0.3, 0.4) is 0 Å². The molecule has 1 aromatic rings. The van der Waals surface area contributed by atoms with Gasteiger partial charge in [0.05, 0.1) is 0 Å². The average Bonchev–Trinajstić information content (AvgIpc) is 3.06. The number of halogens is 2. The molecule has 1 aromatic heterocycles. The largest absolute Gasteiger partial charge is 0.481 e. The molecule has 0 aromatic carbocycles. The number of rotatable bonds is 4. The number of nitrogens with zero attached hydrogens (tertiary/aromatic N) is 4. The van der Waals surface area contributed by atoms with Crippen molar-refractivity contribution in [3.8, 4) is 0 Å². The molecular weight excluding hydrogens is 354 g/mol. The van der Waals surface area contributed by atoms with Crippen LogP contribution in [0.4, 0.5) is 20.5 Å². The van der Waals surface area contributed by atoms with Gasteiger partial charge in [0.25, 0.3) is 5.92 Å². The zero-order valence-corrected chi connectivity index (χ0v) is 15.2. The molecule has 146 valence electrons. The van der Waals surface area contributed by atoms with Gasteiger partial charge in [-0.2, -0.15) is 13.8 Å². The Morgan fingerprint density at radius 1 is 1.11 bits per heavy atom. The average molecular weight is 378 g/mol. The highest BCUT2D eigenvalue weighted by atomic mass is 19.3. The van der Waals surface area contributed by atoms with Gasteiger partial charge in [0, 0.05) is 44.6 Å². The van der Waals surface area contributed by atoms with E-state index in [1.165, 1.54) is 0 Å². The predicted molar refractivity (Wildman–Crippen MR) is 95.2 cm³/mol. The van der Waals surface area contributed by atoms with Gasteiger partial charge in [-0.05, 0) is 43.4 Å². The van der Waals surface area contributed by atoms with Crippen molar-refractivity contribution >= 4 is 17.7 Å². The SMILES string of the molecule is O=C(O)CC1C2CN(c3nc(N4CCCC4)nc4c3CCCC4(F)F)CC12. The molecule has 2 atom stereocenters. The van der Waals surface area contributed by atoms with Crippen molar-refractivity contribution in [3.63, 3.8) is 0 Å². The van der Waals surface area contributed by atoms with Gasteiger partial charge >= 0.3 is 5.97 Å². The summed E-state index contributed by atoms with van der Waals surface area (Å²) in [6.45, 7) is 3.07. The summed E-state index contributed by atoms with van der Waals surface area (Å²) in [5, 5.41) is 9.01. The molecule has 3 heterocycles. The third-order valence-electron chi connectivity index (χ3n) is 6.71. The van der Waals surface area contributed by atoms with Gasteiger partial charge in [0.1, 0.15) is 11.5 Å². The summed E-state index contributed by atoms with van der Waals surface area (Å²) in [6.07, 6.45) is 3.17. The zero-order chi connectivity index (χ0) is 18.8. The highest BCUT2D eigenvalue weighted by molar-refractivity contribution is 5.68. The summed E-state index contributed by atoms with van der Waals surface area (Å²) >= 11 is 0. The first-order chi connectivity index (χ1) is 12.9. The number of carboxylic acids is 1. The van der Waals surface area contributed by atoms with Crippen LogP contribution in [-0.2, 0) is 17.1 Å². The van der Waals surface area contributed by atoms with E-state index in [1.807, 2.05) is 4.90 Å². The first-order valence-electron chi connectivity index (χ1n) is 9.95. The first kappa shape index (κ1) is 17.1. The fraction of sp³-hybridized carbons (Fsp3) is 0.737. The summed E-state index contributed by atoms with van der Waals surface area (Å²) in [6, 6.07) is 0. The number of anilines is 2. The Kier molecular flexibility index (Phi) is 3.81. The third-order valence-corrected chi connectivity index (χ3v) is 6.71. The number of aromatic nitrogens is 2. The van der Waals surface area contributed by atoms with Gasteiger partial charge < -0.3 is 14.9 Å². The molecule has 2 aliphatic carbocycles. The summed E-state index contributed by atoms with van der Waals surface area (Å²) in [5.74, 6) is -1.61. The second-order valence-corrected chi connectivity index (χ2v) is 8.42. The van der Waals surface area contributed by atoms with Crippen LogP contribution in [-0.4, -0.2) is 47.2 Å². The molecule has 4 aliphatic rings. The smallest absolute Gasteiger partial charge is 0.303 e. The van der Waals surface area contributed by atoms with E-state index in [2.05, 4.69) is 9.88 Å². The van der Waals surface area contributed by atoms with E-state index in [4.69, 9.17) is 10.1 Å². The Morgan fingerprint density at radius 2 is 1.81 bits per heavy atom. The maximum Gasteiger partial charge on any atom is 0.303 e. The molecule has 8 heteroatoms. The Morgan fingerprint density at radius 3 is 2.48 bits per heavy atom. The van der Waals surface area contributed by atoms with E-state index < -0.39 is 11.9 Å². The monoisotopic (exact) mass is 378 g/mol. The molecule has 0 amide bonds. The first-order valence-corrected chi connectivity index (χ1v) is 9.95. The highest BCUT2D eigenvalue weighted by Gasteiger charge is 2.57. The van der Waals surface area contributed by atoms with Gasteiger partial charge in [0.15, 0.2) is 0 Å². The van der Waals surface area contributed by atoms with E-state index in [-0.39, 0.29) is 24.5 Å². The van der Waals surface area contributed by atoms with E-state index in [9.17, 15) is 13.6 Å². The lowest BCUT2D eigenvalue weighted by Gasteiger charge is -2.31. The highest BCUT2D eigenvalue weighted by Crippen LogP contribution is 2.55. The third kappa shape index (κ3) is 2.84. The number of hydrogen-bond donors (Lipinski definition) is 1. The van der Waals surface area contributed by atoms with Crippen LogP contribution < -0.4 is 9.80 Å². The molecule has 6 nitrogen and oxygen atoms in total. The second-order valence-electron chi connectivity index (χ2n) is 8.42. The minimum absolute atomic E-state index is 0.0803. The molecule has 27 heavy (non-hydrogen) atoms. The number of fused-ring (bicyclic) bond motifs is 2. The van der Waals surface area contributed by atoms with Crippen LogP contribution in [0.5, 0.6) is 0 Å². The van der Waals surface area contributed by atoms with Crippen molar-refractivity contribution in [3.05, 3.63) is 11.3 Å². The van der Waals surface area contributed by atoms with Crippen molar-refractivity contribution in [1.29, 1.82) is 0 Å². The topological polar surface area (TPSA) is 69.6 Å². The van der Waals surface area contributed by atoms with Gasteiger partial charge in [0.2, 0.25) is 5.95 Å². The molecule has 1 N–H and O–H groups in total. The lowest BCUT2D eigenvalue weighted by atomic mass is 9.92. The van der Waals surface area contributed by atoms with Gasteiger partial charge in [-0.25, -0.2) is 4.98 Å². The lowest BCUT2D eigenvalue weighted by molar-refractivity contribution is -0.137. The molecule has 0 spiro atoms. The lowest BCUT2D eigenvalue weighted by Crippen LogP contribution is -2.33. The van der Waals surface area contributed by atoms with E-state index in [0.717, 1.165) is 39.0 Å². The number of hydrogen-bond acceptors (Lipinski definition) is 5. The molecule has 2 saturated heterocycles. The van der Waals surface area contributed by atoms with Gasteiger partial charge in [-0.3, -0.25) is 4.79 Å². The van der Waals surface area contributed by atoms with Gasteiger partial charge in [-0.15, -0.1) is 0 Å². The summed E-state index contributed by atoms with van der Waals surface area (Å²) in [7, 11) is 0. The number of aliphatic carboxylic acids is 1. The van der Waals surface area contributed by atoms with E-state index in [1.54, 1.807) is 0 Å². The number of carboxylic acid groups (broad SMARTS) is 1. The second kappa shape index (κ2) is 6.01. The molecule has 1 saturated carbocycles. The normalized spacial score (nSPS) is 31.0. The van der Waals surface area contributed by atoms with Crippen molar-refractivity contribution in [2.75, 3.05) is 36.0 Å². The van der Waals surface area contributed by atoms with Crippen LogP contribution in [0.15, 0.2) is 0 Å². The van der Waals surface area contributed by atoms with E-state index in [0.29, 0.717) is 42.0 Å². The molecule has 0 radical (unpaired) electrons. The minimum Gasteiger partial charge on any atom is -0.481 e. The molecule has 2 unspecified atom stereocenters. The summed E-state index contributed by atoms with van der Waals surface area (Å²) in [5.41, 5.74) is 0.522. The van der Waals surface area contributed by atoms with E-state index >= 15 is 0 Å². The number of alkyl halides is 2. The fourth-order valence-corrected chi connectivity index (χ4v) is 5.25. The van der Waals surface area contributed by atoms with Crippen LogP contribution in [0, 0.1) is 17.8 Å².